The van der Waals surface area contributed by atoms with Crippen molar-refractivity contribution in [2.45, 2.75) is 52.7 Å². The van der Waals surface area contributed by atoms with Crippen molar-refractivity contribution in [3.63, 3.8) is 0 Å². The molecule has 36 heavy (non-hydrogen) atoms. The van der Waals surface area contributed by atoms with Gasteiger partial charge in [0.1, 0.15) is 0 Å². The maximum atomic E-state index is 12.4. The van der Waals surface area contributed by atoms with Gasteiger partial charge < -0.3 is 14.6 Å². The van der Waals surface area contributed by atoms with Crippen LogP contribution in [0.2, 0.25) is 0 Å². The van der Waals surface area contributed by atoms with E-state index in [1.165, 1.54) is 12.8 Å². The number of hydrogen-bond donors (Lipinski definition) is 1. The summed E-state index contributed by atoms with van der Waals surface area (Å²) in [7, 11) is 1.54. The summed E-state index contributed by atoms with van der Waals surface area (Å²) in [6.45, 7) is 8.39. The van der Waals surface area contributed by atoms with Crippen molar-refractivity contribution >= 4 is 22.5 Å². The Morgan fingerprint density at radius 3 is 2.58 bits per heavy atom. The molecule has 2 aliphatic rings. The molecule has 2 aromatic carbocycles. The summed E-state index contributed by atoms with van der Waals surface area (Å²) in [5.74, 6) is 0.451. The van der Waals surface area contributed by atoms with Crippen LogP contribution in [0, 0.1) is 10.8 Å². The lowest BCUT2D eigenvalue weighted by Gasteiger charge is -2.40. The maximum absolute atomic E-state index is 12.4. The third-order valence-electron chi connectivity index (χ3n) is 7.45. The average Bonchev–Trinajstić information content (AvgIpc) is 3.24. The second-order valence-electron chi connectivity index (χ2n) is 11.3. The molecule has 0 radical (unpaired) electrons. The number of hydrogen-bond acceptors (Lipinski definition) is 6. The summed E-state index contributed by atoms with van der Waals surface area (Å²) in [5, 5.41) is 19.9. The number of rotatable bonds is 7. The van der Waals surface area contributed by atoms with Crippen molar-refractivity contribution in [3.05, 3.63) is 48.5 Å². The number of amides is 1. The summed E-state index contributed by atoms with van der Waals surface area (Å²) in [5.41, 5.74) is 1.78. The largest absolute Gasteiger partial charge is 0.493 e. The smallest absolute Gasteiger partial charge is 0.302 e. The van der Waals surface area contributed by atoms with Crippen LogP contribution in [0.1, 0.15) is 40.0 Å². The second-order valence-corrected chi connectivity index (χ2v) is 11.3. The Morgan fingerprint density at radius 1 is 1.08 bits per heavy atom. The van der Waals surface area contributed by atoms with Crippen LogP contribution in [0.25, 0.3) is 10.9 Å². The number of methoxy groups -OCH3 is 1. The Bertz CT molecular complexity index is 1310. The van der Waals surface area contributed by atoms with E-state index in [2.05, 4.69) is 35.9 Å². The van der Waals surface area contributed by atoms with Crippen molar-refractivity contribution in [3.8, 4) is 17.4 Å². The topological polar surface area (TPSA) is 88.6 Å². The molecule has 1 aliphatic carbocycles. The van der Waals surface area contributed by atoms with Gasteiger partial charge in [-0.3, -0.25) is 14.3 Å². The molecule has 2 atom stereocenters. The number of para-hydroxylation sites is 3. The molecular formula is C28H34N4O4. The lowest BCUT2D eigenvalue weighted by molar-refractivity contribution is -0.120. The van der Waals surface area contributed by atoms with E-state index in [9.17, 15) is 9.90 Å². The van der Waals surface area contributed by atoms with Gasteiger partial charge in [0.15, 0.2) is 23.8 Å². The Morgan fingerprint density at radius 2 is 1.81 bits per heavy atom. The standard InChI is InChI=1S/C28H34N4O4/c1-27(2)13-19-14-28(3,16-27)17-31(19)18-32-21-10-6-5-9-20(21)25(26(32)34)30-29-24(33)15-36-23-12-8-7-11-22(23)35-4/h5-12,19,34H,13-18H2,1-4H3/t19-,28-/m1/s1. The Kier molecular flexibility index (Phi) is 6.24. The summed E-state index contributed by atoms with van der Waals surface area (Å²) < 4.78 is 12.7. The molecule has 5 rings (SSSR count). The minimum atomic E-state index is -0.555. The van der Waals surface area contributed by atoms with E-state index < -0.39 is 5.91 Å². The first-order chi connectivity index (χ1) is 17.2. The fourth-order valence-electron chi connectivity index (χ4n) is 6.45. The van der Waals surface area contributed by atoms with Gasteiger partial charge >= 0.3 is 5.91 Å². The van der Waals surface area contributed by atoms with Crippen LogP contribution < -0.4 is 9.47 Å². The molecule has 1 saturated carbocycles. The highest BCUT2D eigenvalue weighted by Crippen LogP contribution is 2.53. The van der Waals surface area contributed by atoms with Crippen LogP contribution in [-0.4, -0.2) is 46.8 Å². The van der Waals surface area contributed by atoms with Crippen molar-refractivity contribution in [1.82, 2.24) is 9.47 Å². The minimum Gasteiger partial charge on any atom is -0.493 e. The number of azo groups is 1. The van der Waals surface area contributed by atoms with Crippen molar-refractivity contribution in [2.75, 3.05) is 20.3 Å². The number of ether oxygens (including phenoxy) is 2. The molecule has 8 heteroatoms. The summed E-state index contributed by atoms with van der Waals surface area (Å²) in [6, 6.07) is 15.3. The van der Waals surface area contributed by atoms with E-state index in [-0.39, 0.29) is 12.5 Å². The highest BCUT2D eigenvalue weighted by atomic mass is 16.5. The normalized spacial score (nSPS) is 23.4. The highest BCUT2D eigenvalue weighted by molar-refractivity contribution is 5.95. The molecule has 0 unspecified atom stereocenters. The number of carbonyl (C=O) groups excluding carboxylic acids is 1. The van der Waals surface area contributed by atoms with Gasteiger partial charge in [-0.05, 0) is 48.3 Å². The SMILES string of the molecule is COc1ccccc1OCC(=O)N=Nc1c(O)n(CN2C[C@]3(C)C[C@H]2CC(C)(C)C3)c2ccccc12. The van der Waals surface area contributed by atoms with Gasteiger partial charge in [0.2, 0.25) is 5.88 Å². The molecule has 2 bridgehead atoms. The van der Waals surface area contributed by atoms with E-state index in [4.69, 9.17) is 9.47 Å². The highest BCUT2D eigenvalue weighted by Gasteiger charge is 2.49. The molecule has 0 spiro atoms. The van der Waals surface area contributed by atoms with E-state index in [1.807, 2.05) is 34.9 Å². The van der Waals surface area contributed by atoms with Crippen LogP contribution in [0.15, 0.2) is 58.8 Å². The monoisotopic (exact) mass is 490 g/mol. The molecule has 1 saturated heterocycles. The number of carbonyl (C=O) groups is 1. The van der Waals surface area contributed by atoms with Gasteiger partial charge in [-0.1, -0.05) is 51.1 Å². The molecule has 1 amide bonds. The van der Waals surface area contributed by atoms with Gasteiger partial charge in [0.25, 0.3) is 0 Å². The van der Waals surface area contributed by atoms with E-state index in [0.717, 1.165) is 23.9 Å². The molecular weight excluding hydrogens is 456 g/mol. The average molecular weight is 491 g/mol. The predicted molar refractivity (Wildman–Crippen MR) is 138 cm³/mol. The quantitative estimate of drug-likeness (QED) is 0.416. The molecule has 8 nitrogen and oxygen atoms in total. The molecule has 3 aromatic rings. The predicted octanol–water partition coefficient (Wildman–Crippen LogP) is 5.90. The zero-order chi connectivity index (χ0) is 25.5. The summed E-state index contributed by atoms with van der Waals surface area (Å²) >= 11 is 0. The van der Waals surface area contributed by atoms with Crippen molar-refractivity contribution in [2.24, 2.45) is 21.1 Å². The Hall–Kier alpha value is -3.39. The second kappa shape index (κ2) is 9.24. The number of benzene rings is 2. The number of aromatic nitrogens is 1. The lowest BCUT2D eigenvalue weighted by atomic mass is 9.65. The van der Waals surface area contributed by atoms with Gasteiger partial charge in [-0.2, -0.15) is 0 Å². The van der Waals surface area contributed by atoms with Crippen LogP contribution in [0.4, 0.5) is 5.69 Å². The fraction of sp³-hybridized carbons (Fsp3) is 0.464. The first-order valence-corrected chi connectivity index (χ1v) is 12.4. The summed E-state index contributed by atoms with van der Waals surface area (Å²) in [4.78, 5) is 14.9. The van der Waals surface area contributed by atoms with E-state index >= 15 is 0 Å². The zero-order valence-corrected chi connectivity index (χ0v) is 21.4. The number of likely N-dealkylation sites (tertiary alicyclic amines) is 1. The Labute approximate surface area is 211 Å². The zero-order valence-electron chi connectivity index (χ0n) is 21.4. The third-order valence-corrected chi connectivity index (χ3v) is 7.45. The van der Waals surface area contributed by atoms with Gasteiger partial charge in [0.05, 0.1) is 19.3 Å². The minimum absolute atomic E-state index is 0.0178. The summed E-state index contributed by atoms with van der Waals surface area (Å²) in [6.07, 6.45) is 3.55. The van der Waals surface area contributed by atoms with Gasteiger partial charge in [0, 0.05) is 18.0 Å². The molecule has 190 valence electrons. The third kappa shape index (κ3) is 4.69. The van der Waals surface area contributed by atoms with Crippen molar-refractivity contribution in [1.29, 1.82) is 0 Å². The first kappa shape index (κ1) is 24.3. The van der Waals surface area contributed by atoms with Gasteiger partial charge in [-0.15, -0.1) is 10.2 Å². The van der Waals surface area contributed by atoms with Crippen LogP contribution >= 0.6 is 0 Å². The lowest BCUT2D eigenvalue weighted by Crippen LogP contribution is -2.35. The van der Waals surface area contributed by atoms with Gasteiger partial charge in [-0.25, -0.2) is 0 Å². The number of nitrogens with zero attached hydrogens (tertiary/aromatic N) is 4. The van der Waals surface area contributed by atoms with Crippen LogP contribution in [-0.2, 0) is 11.5 Å². The van der Waals surface area contributed by atoms with E-state index in [0.29, 0.717) is 40.7 Å². The molecule has 2 heterocycles. The number of aromatic hydroxyl groups is 1. The van der Waals surface area contributed by atoms with Crippen LogP contribution in [0.3, 0.4) is 0 Å². The van der Waals surface area contributed by atoms with Crippen LogP contribution in [0.5, 0.6) is 17.4 Å². The first-order valence-electron chi connectivity index (χ1n) is 12.4. The Balaban J connectivity index is 1.36. The molecule has 1 aliphatic heterocycles. The molecule has 2 fully saturated rings. The molecule has 1 aromatic heterocycles. The molecule has 1 N–H and O–H groups in total. The fourth-order valence-corrected chi connectivity index (χ4v) is 6.45. The van der Waals surface area contributed by atoms with E-state index in [1.54, 1.807) is 25.3 Å². The van der Waals surface area contributed by atoms with Crippen molar-refractivity contribution < 1.29 is 19.4 Å². The maximum Gasteiger partial charge on any atom is 0.302 e. The number of fused-ring (bicyclic) bond motifs is 3.